The van der Waals surface area contributed by atoms with E-state index in [2.05, 4.69) is 10.4 Å². The van der Waals surface area contributed by atoms with Crippen LogP contribution in [0.15, 0.2) is 58.9 Å². The minimum atomic E-state index is -3.44. The number of amides is 1. The first-order valence-electron chi connectivity index (χ1n) is 9.47. The van der Waals surface area contributed by atoms with Crippen molar-refractivity contribution in [1.29, 1.82) is 0 Å². The lowest BCUT2D eigenvalue weighted by atomic mass is 10.2. The van der Waals surface area contributed by atoms with E-state index in [0.717, 1.165) is 34.6 Å². The molecule has 9 heteroatoms. The first-order valence-corrected chi connectivity index (χ1v) is 11.7. The quantitative estimate of drug-likeness (QED) is 0.625. The number of sulfonamides is 1. The van der Waals surface area contributed by atoms with Crippen LogP contribution in [0, 0.1) is 0 Å². The zero-order valence-electron chi connectivity index (χ0n) is 15.8. The van der Waals surface area contributed by atoms with Gasteiger partial charge < -0.3 is 5.32 Å². The first-order chi connectivity index (χ1) is 14.0. The third-order valence-corrected chi connectivity index (χ3v) is 8.24. The summed E-state index contributed by atoms with van der Waals surface area (Å²) < 4.78 is 28.8. The minimum absolute atomic E-state index is 0.122. The predicted octanol–water partition coefficient (Wildman–Crippen LogP) is 2.96. The monoisotopic (exact) mass is 430 g/mol. The average Bonchev–Trinajstić information content (AvgIpc) is 3.45. The Balaban J connectivity index is 1.40. The second-order valence-electron chi connectivity index (χ2n) is 6.92. The van der Waals surface area contributed by atoms with Gasteiger partial charge in [-0.1, -0.05) is 30.3 Å². The van der Waals surface area contributed by atoms with Gasteiger partial charge in [-0.15, -0.1) is 11.3 Å². The van der Waals surface area contributed by atoms with Crippen LogP contribution < -0.4 is 5.32 Å². The Morgan fingerprint density at radius 3 is 2.59 bits per heavy atom. The molecular weight excluding hydrogens is 408 g/mol. The van der Waals surface area contributed by atoms with Crippen molar-refractivity contribution in [3.63, 3.8) is 0 Å². The standard InChI is InChI=1S/C20H22N4O3S2/c25-19(22-18-10-11-21-24(18)15-16-6-2-1-3-7-16)14-17-8-9-20(28-17)29(26,27)23-12-4-5-13-23/h1-3,6-11H,4-5,12-15H2,(H,22,25). The fraction of sp³-hybridized carbons (Fsp3) is 0.300. The van der Waals surface area contributed by atoms with Crippen molar-refractivity contribution in [3.05, 3.63) is 65.2 Å². The van der Waals surface area contributed by atoms with E-state index in [1.807, 2.05) is 30.3 Å². The summed E-state index contributed by atoms with van der Waals surface area (Å²) in [6, 6.07) is 14.9. The summed E-state index contributed by atoms with van der Waals surface area (Å²) in [5.41, 5.74) is 1.08. The summed E-state index contributed by atoms with van der Waals surface area (Å²) in [4.78, 5) is 13.2. The SMILES string of the molecule is O=C(Cc1ccc(S(=O)(=O)N2CCCC2)s1)Nc1ccnn1Cc1ccccc1. The van der Waals surface area contributed by atoms with Gasteiger partial charge in [0.2, 0.25) is 5.91 Å². The minimum Gasteiger partial charge on any atom is -0.311 e. The number of anilines is 1. The molecule has 0 radical (unpaired) electrons. The summed E-state index contributed by atoms with van der Waals surface area (Å²) in [6.45, 7) is 1.70. The average molecular weight is 431 g/mol. The number of carbonyl (C=O) groups excluding carboxylic acids is 1. The highest BCUT2D eigenvalue weighted by Gasteiger charge is 2.28. The van der Waals surface area contributed by atoms with Crippen LogP contribution in [-0.4, -0.2) is 41.5 Å². The topological polar surface area (TPSA) is 84.3 Å². The zero-order valence-corrected chi connectivity index (χ0v) is 17.5. The van der Waals surface area contributed by atoms with Crippen LogP contribution in [0.3, 0.4) is 0 Å². The molecular formula is C20H22N4O3S2. The molecule has 0 atom stereocenters. The number of nitrogens with zero attached hydrogens (tertiary/aromatic N) is 3. The highest BCUT2D eigenvalue weighted by molar-refractivity contribution is 7.91. The van der Waals surface area contributed by atoms with Crippen LogP contribution in [0.4, 0.5) is 5.82 Å². The second kappa shape index (κ2) is 8.48. The molecule has 0 aliphatic carbocycles. The van der Waals surface area contributed by atoms with Crippen LogP contribution >= 0.6 is 11.3 Å². The number of aromatic nitrogens is 2. The van der Waals surface area contributed by atoms with Crippen molar-refractivity contribution in [2.24, 2.45) is 0 Å². The Labute approximate surface area is 174 Å². The molecule has 29 heavy (non-hydrogen) atoms. The normalized spacial score (nSPS) is 14.9. The van der Waals surface area contributed by atoms with Crippen LogP contribution in [0.5, 0.6) is 0 Å². The third-order valence-electron chi connectivity index (χ3n) is 4.79. The number of thiophene rings is 1. The lowest BCUT2D eigenvalue weighted by Gasteiger charge is -2.13. The fourth-order valence-corrected chi connectivity index (χ4v) is 6.34. The molecule has 1 aliphatic heterocycles. The molecule has 2 aromatic heterocycles. The number of benzene rings is 1. The third kappa shape index (κ3) is 4.58. The van der Waals surface area contributed by atoms with Crippen molar-refractivity contribution in [2.75, 3.05) is 18.4 Å². The summed E-state index contributed by atoms with van der Waals surface area (Å²) >= 11 is 1.16. The van der Waals surface area contributed by atoms with Gasteiger partial charge in [0.1, 0.15) is 10.0 Å². The van der Waals surface area contributed by atoms with Gasteiger partial charge in [0.15, 0.2) is 0 Å². The van der Waals surface area contributed by atoms with Crippen molar-refractivity contribution in [1.82, 2.24) is 14.1 Å². The maximum Gasteiger partial charge on any atom is 0.252 e. The first kappa shape index (κ1) is 19.8. The highest BCUT2D eigenvalue weighted by Crippen LogP contribution is 2.27. The molecule has 3 heterocycles. The lowest BCUT2D eigenvalue weighted by molar-refractivity contribution is -0.115. The van der Waals surface area contributed by atoms with Crippen molar-refractivity contribution in [3.8, 4) is 0 Å². The molecule has 7 nitrogen and oxygen atoms in total. The number of carbonyl (C=O) groups is 1. The van der Waals surface area contributed by atoms with Gasteiger partial charge in [-0.25, -0.2) is 13.1 Å². The van der Waals surface area contributed by atoms with E-state index in [-0.39, 0.29) is 12.3 Å². The van der Waals surface area contributed by atoms with E-state index in [1.54, 1.807) is 29.1 Å². The zero-order chi connectivity index (χ0) is 20.3. The molecule has 0 bridgehead atoms. The van der Waals surface area contributed by atoms with Gasteiger partial charge >= 0.3 is 0 Å². The summed E-state index contributed by atoms with van der Waals surface area (Å²) in [7, 11) is -3.44. The van der Waals surface area contributed by atoms with Crippen LogP contribution in [0.1, 0.15) is 23.3 Å². The Kier molecular flexibility index (Phi) is 5.79. The number of hydrogen-bond donors (Lipinski definition) is 1. The molecule has 1 N–H and O–H groups in total. The van der Waals surface area contributed by atoms with Crippen LogP contribution in [0.25, 0.3) is 0 Å². The molecule has 0 unspecified atom stereocenters. The van der Waals surface area contributed by atoms with E-state index >= 15 is 0 Å². The smallest absolute Gasteiger partial charge is 0.252 e. The maximum absolute atomic E-state index is 12.6. The summed E-state index contributed by atoms with van der Waals surface area (Å²) in [5, 5.41) is 7.14. The maximum atomic E-state index is 12.6. The lowest BCUT2D eigenvalue weighted by Crippen LogP contribution is -2.27. The van der Waals surface area contributed by atoms with E-state index in [4.69, 9.17) is 0 Å². The van der Waals surface area contributed by atoms with Crippen molar-refractivity contribution < 1.29 is 13.2 Å². The molecule has 0 spiro atoms. The number of rotatable bonds is 7. The predicted molar refractivity (Wildman–Crippen MR) is 112 cm³/mol. The molecule has 1 aromatic carbocycles. The van der Waals surface area contributed by atoms with E-state index in [1.165, 1.54) is 4.31 Å². The summed E-state index contributed by atoms with van der Waals surface area (Å²) in [6.07, 6.45) is 3.56. The number of hydrogen-bond acceptors (Lipinski definition) is 5. The van der Waals surface area contributed by atoms with Gasteiger partial charge in [0, 0.05) is 24.0 Å². The van der Waals surface area contributed by atoms with Gasteiger partial charge in [-0.05, 0) is 30.5 Å². The second-order valence-corrected chi connectivity index (χ2v) is 10.2. The van der Waals surface area contributed by atoms with Crippen molar-refractivity contribution in [2.45, 2.75) is 30.0 Å². The van der Waals surface area contributed by atoms with Gasteiger partial charge in [-0.3, -0.25) is 4.79 Å². The van der Waals surface area contributed by atoms with E-state index < -0.39 is 10.0 Å². The Hall–Kier alpha value is -2.49. The molecule has 4 rings (SSSR count). The van der Waals surface area contributed by atoms with Crippen molar-refractivity contribution >= 4 is 33.1 Å². The largest absolute Gasteiger partial charge is 0.311 e. The molecule has 1 fully saturated rings. The Bertz CT molecular complexity index is 1080. The molecule has 0 saturated carbocycles. The molecule has 3 aromatic rings. The molecule has 1 saturated heterocycles. The Morgan fingerprint density at radius 1 is 1.07 bits per heavy atom. The van der Waals surface area contributed by atoms with Gasteiger partial charge in [0.25, 0.3) is 10.0 Å². The van der Waals surface area contributed by atoms with E-state index in [0.29, 0.717) is 29.7 Å². The molecule has 152 valence electrons. The van der Waals surface area contributed by atoms with E-state index in [9.17, 15) is 13.2 Å². The van der Waals surface area contributed by atoms with Crippen LogP contribution in [0.2, 0.25) is 0 Å². The van der Waals surface area contributed by atoms with Crippen LogP contribution in [-0.2, 0) is 27.8 Å². The fourth-order valence-electron chi connectivity index (χ4n) is 3.31. The van der Waals surface area contributed by atoms with Gasteiger partial charge in [0.05, 0.1) is 19.2 Å². The molecule has 1 aliphatic rings. The highest BCUT2D eigenvalue weighted by atomic mass is 32.2. The molecule has 1 amide bonds. The summed E-state index contributed by atoms with van der Waals surface area (Å²) in [5.74, 6) is 0.409. The Morgan fingerprint density at radius 2 is 1.83 bits per heavy atom. The number of nitrogens with one attached hydrogen (secondary N) is 1. The van der Waals surface area contributed by atoms with Gasteiger partial charge in [-0.2, -0.15) is 9.40 Å².